The number of hydrogen-bond acceptors (Lipinski definition) is 4. The number of aromatic nitrogens is 1. The standard InChI is InChI=1S/C12H13BrN2O2S/c13-8-7-14-11(18-8)15-9(16)6-12(10(15)17)4-2-1-3-5-12/h7H,1-6H2. The fourth-order valence-corrected chi connectivity index (χ4v) is 4.15. The lowest BCUT2D eigenvalue weighted by molar-refractivity contribution is -0.127. The summed E-state index contributed by atoms with van der Waals surface area (Å²) < 4.78 is 0.836. The zero-order valence-corrected chi connectivity index (χ0v) is 12.2. The van der Waals surface area contributed by atoms with Gasteiger partial charge < -0.3 is 0 Å². The van der Waals surface area contributed by atoms with Crippen molar-refractivity contribution in [1.29, 1.82) is 0 Å². The van der Waals surface area contributed by atoms with Gasteiger partial charge in [-0.3, -0.25) is 9.59 Å². The quantitative estimate of drug-likeness (QED) is 0.744. The molecule has 1 aliphatic carbocycles. The highest BCUT2D eigenvalue weighted by Gasteiger charge is 2.52. The van der Waals surface area contributed by atoms with Crippen LogP contribution in [0.15, 0.2) is 9.98 Å². The Morgan fingerprint density at radius 3 is 2.61 bits per heavy atom. The molecule has 1 aromatic heterocycles. The molecule has 1 saturated heterocycles. The Morgan fingerprint density at radius 2 is 2.00 bits per heavy atom. The summed E-state index contributed by atoms with van der Waals surface area (Å²) in [6.45, 7) is 0. The number of nitrogens with zero attached hydrogens (tertiary/aromatic N) is 2. The van der Waals surface area contributed by atoms with E-state index < -0.39 is 5.41 Å². The predicted octanol–water partition coefficient (Wildman–Crippen LogP) is 3.12. The average Bonchev–Trinajstić information content (AvgIpc) is 2.85. The van der Waals surface area contributed by atoms with E-state index in [-0.39, 0.29) is 11.8 Å². The third kappa shape index (κ3) is 1.82. The van der Waals surface area contributed by atoms with Crippen LogP contribution in [-0.4, -0.2) is 16.8 Å². The molecular weight excluding hydrogens is 316 g/mol. The number of rotatable bonds is 1. The van der Waals surface area contributed by atoms with Crippen LogP contribution in [-0.2, 0) is 9.59 Å². The van der Waals surface area contributed by atoms with Gasteiger partial charge in [0.1, 0.15) is 0 Å². The molecule has 3 rings (SSSR count). The average molecular weight is 329 g/mol. The van der Waals surface area contributed by atoms with Gasteiger partial charge in [0.25, 0.3) is 0 Å². The van der Waals surface area contributed by atoms with E-state index in [1.54, 1.807) is 6.20 Å². The molecule has 4 nitrogen and oxygen atoms in total. The molecule has 6 heteroatoms. The molecule has 0 atom stereocenters. The Labute approximate surface area is 118 Å². The molecule has 1 aromatic rings. The van der Waals surface area contributed by atoms with E-state index >= 15 is 0 Å². The lowest BCUT2D eigenvalue weighted by atomic mass is 9.73. The van der Waals surface area contributed by atoms with Gasteiger partial charge in [0.2, 0.25) is 11.8 Å². The van der Waals surface area contributed by atoms with Crippen LogP contribution in [0, 0.1) is 5.41 Å². The van der Waals surface area contributed by atoms with Crippen LogP contribution < -0.4 is 4.90 Å². The number of anilines is 1. The van der Waals surface area contributed by atoms with Crippen molar-refractivity contribution in [2.75, 3.05) is 4.90 Å². The summed E-state index contributed by atoms with van der Waals surface area (Å²) in [6.07, 6.45) is 6.96. The van der Waals surface area contributed by atoms with Gasteiger partial charge >= 0.3 is 0 Å². The Bertz CT molecular complexity index is 508. The first-order valence-electron chi connectivity index (χ1n) is 6.11. The van der Waals surface area contributed by atoms with Crippen molar-refractivity contribution in [2.24, 2.45) is 5.41 Å². The second kappa shape index (κ2) is 4.42. The molecule has 0 N–H and O–H groups in total. The maximum absolute atomic E-state index is 12.6. The van der Waals surface area contributed by atoms with Gasteiger partial charge in [-0.05, 0) is 28.8 Å². The molecular formula is C12H13BrN2O2S. The molecule has 0 unspecified atom stereocenters. The van der Waals surface area contributed by atoms with Crippen LogP contribution in [0.5, 0.6) is 0 Å². The molecule has 18 heavy (non-hydrogen) atoms. The Morgan fingerprint density at radius 1 is 1.28 bits per heavy atom. The number of carbonyl (C=O) groups is 2. The normalized spacial score (nSPS) is 23.1. The molecule has 2 aliphatic rings. The van der Waals surface area contributed by atoms with Crippen LogP contribution in [0.4, 0.5) is 5.13 Å². The maximum Gasteiger partial charge on any atom is 0.242 e. The smallest absolute Gasteiger partial charge is 0.242 e. The van der Waals surface area contributed by atoms with E-state index in [4.69, 9.17) is 0 Å². The molecule has 0 aromatic carbocycles. The van der Waals surface area contributed by atoms with Crippen LogP contribution in [0.25, 0.3) is 0 Å². The van der Waals surface area contributed by atoms with Gasteiger partial charge in [0.15, 0.2) is 5.13 Å². The summed E-state index contributed by atoms with van der Waals surface area (Å²) in [6, 6.07) is 0. The van der Waals surface area contributed by atoms with E-state index in [2.05, 4.69) is 20.9 Å². The fourth-order valence-electron chi connectivity index (χ4n) is 2.96. The molecule has 1 spiro atoms. The summed E-state index contributed by atoms with van der Waals surface area (Å²) in [5.41, 5.74) is -0.423. The first-order valence-corrected chi connectivity index (χ1v) is 7.72. The Balaban J connectivity index is 1.93. The molecule has 0 radical (unpaired) electrons. The summed E-state index contributed by atoms with van der Waals surface area (Å²) in [7, 11) is 0. The topological polar surface area (TPSA) is 50.3 Å². The van der Waals surface area contributed by atoms with Gasteiger partial charge in [-0.15, -0.1) is 0 Å². The van der Waals surface area contributed by atoms with Crippen LogP contribution >= 0.6 is 27.3 Å². The Kier molecular flexibility index (Phi) is 3.02. The molecule has 2 amide bonds. The number of halogens is 1. The second-order valence-corrected chi connectivity index (χ2v) is 7.39. The first kappa shape index (κ1) is 12.3. The number of hydrogen-bond donors (Lipinski definition) is 0. The van der Waals surface area contributed by atoms with E-state index in [1.165, 1.54) is 22.7 Å². The minimum atomic E-state index is -0.423. The highest BCUT2D eigenvalue weighted by atomic mass is 79.9. The number of carbonyl (C=O) groups excluding carboxylic acids is 2. The van der Waals surface area contributed by atoms with Crippen molar-refractivity contribution < 1.29 is 9.59 Å². The first-order chi connectivity index (χ1) is 8.62. The van der Waals surface area contributed by atoms with Crippen molar-refractivity contribution in [2.45, 2.75) is 38.5 Å². The lowest BCUT2D eigenvalue weighted by Gasteiger charge is -2.30. The number of thiazole rings is 1. The van der Waals surface area contributed by atoms with Gasteiger partial charge in [-0.1, -0.05) is 30.6 Å². The summed E-state index contributed by atoms with van der Waals surface area (Å²) in [5, 5.41) is 0.499. The van der Waals surface area contributed by atoms with E-state index in [0.29, 0.717) is 11.6 Å². The predicted molar refractivity (Wildman–Crippen MR) is 72.4 cm³/mol. The van der Waals surface area contributed by atoms with Crippen LogP contribution in [0.2, 0.25) is 0 Å². The van der Waals surface area contributed by atoms with Gasteiger partial charge in [-0.25, -0.2) is 9.88 Å². The van der Waals surface area contributed by atoms with Gasteiger partial charge in [0, 0.05) is 6.42 Å². The third-order valence-corrected chi connectivity index (χ3v) is 5.32. The molecule has 1 saturated carbocycles. The fraction of sp³-hybridized carbons (Fsp3) is 0.583. The largest absolute Gasteiger partial charge is 0.274 e. The van der Waals surface area contributed by atoms with E-state index in [1.807, 2.05) is 0 Å². The van der Waals surface area contributed by atoms with Crippen molar-refractivity contribution >= 4 is 44.2 Å². The monoisotopic (exact) mass is 328 g/mol. The van der Waals surface area contributed by atoms with Crippen LogP contribution in [0.3, 0.4) is 0 Å². The van der Waals surface area contributed by atoms with Crippen LogP contribution in [0.1, 0.15) is 38.5 Å². The summed E-state index contributed by atoms with van der Waals surface area (Å²) in [5.74, 6) is -0.127. The maximum atomic E-state index is 12.6. The number of amides is 2. The minimum absolute atomic E-state index is 0.0333. The van der Waals surface area contributed by atoms with Crippen molar-refractivity contribution in [1.82, 2.24) is 4.98 Å². The molecule has 2 heterocycles. The molecule has 1 aliphatic heterocycles. The highest BCUT2D eigenvalue weighted by Crippen LogP contribution is 2.47. The van der Waals surface area contributed by atoms with Crippen molar-refractivity contribution in [3.8, 4) is 0 Å². The highest BCUT2D eigenvalue weighted by molar-refractivity contribution is 9.11. The SMILES string of the molecule is O=C1CC2(CCCCC2)C(=O)N1c1ncc(Br)s1. The lowest BCUT2D eigenvalue weighted by Crippen LogP contribution is -2.36. The van der Waals surface area contributed by atoms with Gasteiger partial charge in [0.05, 0.1) is 15.4 Å². The molecule has 0 bridgehead atoms. The Hall–Kier alpha value is -0.750. The van der Waals surface area contributed by atoms with Gasteiger partial charge in [-0.2, -0.15) is 0 Å². The summed E-state index contributed by atoms with van der Waals surface area (Å²) >= 11 is 4.64. The van der Waals surface area contributed by atoms with Crippen molar-refractivity contribution in [3.63, 3.8) is 0 Å². The van der Waals surface area contributed by atoms with E-state index in [0.717, 1.165) is 29.5 Å². The second-order valence-electron chi connectivity index (χ2n) is 5.00. The minimum Gasteiger partial charge on any atom is -0.274 e. The molecule has 2 fully saturated rings. The zero-order chi connectivity index (χ0) is 12.8. The number of imide groups is 1. The third-order valence-electron chi connectivity index (χ3n) is 3.86. The van der Waals surface area contributed by atoms with Crippen molar-refractivity contribution in [3.05, 3.63) is 9.98 Å². The summed E-state index contributed by atoms with van der Waals surface area (Å²) in [4.78, 5) is 30.1. The zero-order valence-electron chi connectivity index (χ0n) is 9.82. The molecule has 96 valence electrons. The van der Waals surface area contributed by atoms with E-state index in [9.17, 15) is 9.59 Å².